The molecule has 1 amide bonds. The fourth-order valence-corrected chi connectivity index (χ4v) is 3.21. The largest absolute Gasteiger partial charge is 0.355 e. The van der Waals surface area contributed by atoms with Crippen molar-refractivity contribution in [3.63, 3.8) is 0 Å². The van der Waals surface area contributed by atoms with E-state index in [1.165, 1.54) is 19.3 Å². The summed E-state index contributed by atoms with van der Waals surface area (Å²) in [5.74, 6) is 0.300. The van der Waals surface area contributed by atoms with Crippen LogP contribution in [-0.2, 0) is 4.79 Å². The second-order valence-corrected chi connectivity index (χ2v) is 7.27. The molecular formula is C15H28BrNO. The van der Waals surface area contributed by atoms with Gasteiger partial charge in [-0.3, -0.25) is 4.79 Å². The van der Waals surface area contributed by atoms with E-state index in [4.69, 9.17) is 0 Å². The molecule has 0 aliphatic heterocycles. The molecule has 0 spiro atoms. The van der Waals surface area contributed by atoms with Crippen LogP contribution >= 0.6 is 15.9 Å². The van der Waals surface area contributed by atoms with Crippen LogP contribution in [0.3, 0.4) is 0 Å². The van der Waals surface area contributed by atoms with Crippen molar-refractivity contribution < 1.29 is 4.79 Å². The van der Waals surface area contributed by atoms with Gasteiger partial charge in [0.2, 0.25) is 5.91 Å². The van der Waals surface area contributed by atoms with Gasteiger partial charge in [0.15, 0.2) is 0 Å². The quantitative estimate of drug-likeness (QED) is 0.698. The third kappa shape index (κ3) is 4.25. The molecule has 0 aromatic rings. The molecular weight excluding hydrogens is 290 g/mol. The molecule has 0 saturated heterocycles. The van der Waals surface area contributed by atoms with Gasteiger partial charge in [-0.25, -0.2) is 0 Å². The third-order valence-corrected chi connectivity index (χ3v) is 4.99. The monoisotopic (exact) mass is 317 g/mol. The number of rotatable bonds is 7. The number of carbonyl (C=O) groups excluding carboxylic acids is 1. The first-order valence-electron chi connectivity index (χ1n) is 7.30. The van der Waals surface area contributed by atoms with E-state index in [-0.39, 0.29) is 10.8 Å². The number of halogens is 1. The molecule has 0 aromatic carbocycles. The van der Waals surface area contributed by atoms with Crippen molar-refractivity contribution >= 4 is 21.8 Å². The summed E-state index contributed by atoms with van der Waals surface area (Å²) >= 11 is 3.47. The number of alkyl halides is 1. The minimum absolute atomic E-state index is 0.0501. The Morgan fingerprint density at radius 2 is 1.94 bits per heavy atom. The SMILES string of the molecule is CCC1(C(=O)NCC(C)(C)CCCBr)CCCC1. The molecule has 0 aromatic heterocycles. The molecule has 0 unspecified atom stereocenters. The Hall–Kier alpha value is -0.0500. The van der Waals surface area contributed by atoms with Crippen molar-refractivity contribution in [2.45, 2.75) is 65.7 Å². The molecule has 1 saturated carbocycles. The molecule has 3 heteroatoms. The molecule has 0 radical (unpaired) electrons. The molecule has 1 N–H and O–H groups in total. The fourth-order valence-electron chi connectivity index (χ4n) is 2.93. The van der Waals surface area contributed by atoms with Gasteiger partial charge in [0.05, 0.1) is 0 Å². The smallest absolute Gasteiger partial charge is 0.226 e. The molecule has 1 rings (SSSR count). The molecule has 18 heavy (non-hydrogen) atoms. The molecule has 0 heterocycles. The summed E-state index contributed by atoms with van der Waals surface area (Å²) in [4.78, 5) is 12.4. The van der Waals surface area contributed by atoms with Crippen LogP contribution in [0.4, 0.5) is 0 Å². The van der Waals surface area contributed by atoms with Crippen molar-refractivity contribution in [1.29, 1.82) is 0 Å². The van der Waals surface area contributed by atoms with E-state index in [0.717, 1.165) is 37.6 Å². The first kappa shape index (κ1) is 16.0. The lowest BCUT2D eigenvalue weighted by molar-refractivity contribution is -0.131. The van der Waals surface area contributed by atoms with E-state index in [9.17, 15) is 4.79 Å². The predicted molar refractivity (Wildman–Crippen MR) is 81.0 cm³/mol. The number of amides is 1. The molecule has 1 aliphatic rings. The van der Waals surface area contributed by atoms with Crippen LogP contribution < -0.4 is 5.32 Å². The van der Waals surface area contributed by atoms with E-state index < -0.39 is 0 Å². The first-order valence-corrected chi connectivity index (χ1v) is 8.42. The lowest BCUT2D eigenvalue weighted by Gasteiger charge is -2.30. The normalized spacial score (nSPS) is 18.9. The second-order valence-electron chi connectivity index (χ2n) is 6.48. The highest BCUT2D eigenvalue weighted by atomic mass is 79.9. The predicted octanol–water partition coefficient (Wildman–Crippen LogP) is 4.27. The number of nitrogens with one attached hydrogen (secondary N) is 1. The summed E-state index contributed by atoms with van der Waals surface area (Å²) in [6, 6.07) is 0. The molecule has 1 aliphatic carbocycles. The van der Waals surface area contributed by atoms with Crippen molar-refractivity contribution in [3.8, 4) is 0 Å². The number of hydrogen-bond acceptors (Lipinski definition) is 1. The Morgan fingerprint density at radius 3 is 2.44 bits per heavy atom. The van der Waals surface area contributed by atoms with Gasteiger partial charge in [0.25, 0.3) is 0 Å². The van der Waals surface area contributed by atoms with Gasteiger partial charge in [0, 0.05) is 17.3 Å². The van der Waals surface area contributed by atoms with Crippen LogP contribution in [0.2, 0.25) is 0 Å². The van der Waals surface area contributed by atoms with E-state index in [0.29, 0.717) is 5.91 Å². The van der Waals surface area contributed by atoms with Crippen molar-refractivity contribution in [3.05, 3.63) is 0 Å². The van der Waals surface area contributed by atoms with Crippen LogP contribution in [0.5, 0.6) is 0 Å². The van der Waals surface area contributed by atoms with Gasteiger partial charge in [-0.05, 0) is 37.5 Å². The maximum atomic E-state index is 12.4. The highest BCUT2D eigenvalue weighted by molar-refractivity contribution is 9.09. The van der Waals surface area contributed by atoms with Gasteiger partial charge in [-0.1, -0.05) is 49.5 Å². The average Bonchev–Trinajstić information content (AvgIpc) is 2.83. The Kier molecular flexibility index (Phi) is 6.16. The van der Waals surface area contributed by atoms with E-state index in [1.807, 2.05) is 0 Å². The molecule has 106 valence electrons. The van der Waals surface area contributed by atoms with Gasteiger partial charge >= 0.3 is 0 Å². The van der Waals surface area contributed by atoms with Crippen LogP contribution in [-0.4, -0.2) is 17.8 Å². The Labute approximate surface area is 120 Å². The summed E-state index contributed by atoms with van der Waals surface area (Å²) in [6.07, 6.45) is 7.90. The van der Waals surface area contributed by atoms with Crippen molar-refractivity contribution in [2.24, 2.45) is 10.8 Å². The number of hydrogen-bond donors (Lipinski definition) is 1. The highest BCUT2D eigenvalue weighted by Crippen LogP contribution is 2.41. The highest BCUT2D eigenvalue weighted by Gasteiger charge is 2.39. The lowest BCUT2D eigenvalue weighted by Crippen LogP contribution is -2.43. The third-order valence-electron chi connectivity index (χ3n) is 4.43. The molecule has 0 atom stereocenters. The van der Waals surface area contributed by atoms with Crippen LogP contribution in [0, 0.1) is 10.8 Å². The van der Waals surface area contributed by atoms with Gasteiger partial charge in [-0.2, -0.15) is 0 Å². The zero-order valence-corrected chi connectivity index (χ0v) is 13.7. The van der Waals surface area contributed by atoms with Crippen molar-refractivity contribution in [2.75, 3.05) is 11.9 Å². The summed E-state index contributed by atoms with van der Waals surface area (Å²) in [5, 5.41) is 4.26. The minimum atomic E-state index is -0.0501. The van der Waals surface area contributed by atoms with E-state index in [2.05, 4.69) is 42.0 Å². The van der Waals surface area contributed by atoms with E-state index >= 15 is 0 Å². The summed E-state index contributed by atoms with van der Waals surface area (Å²) < 4.78 is 0. The topological polar surface area (TPSA) is 29.1 Å². The van der Waals surface area contributed by atoms with Gasteiger partial charge in [0.1, 0.15) is 0 Å². The fraction of sp³-hybridized carbons (Fsp3) is 0.933. The van der Waals surface area contributed by atoms with Crippen molar-refractivity contribution in [1.82, 2.24) is 5.32 Å². The lowest BCUT2D eigenvalue weighted by atomic mass is 9.81. The standard InChI is InChI=1S/C15H28BrNO/c1-4-15(9-5-6-10-15)13(18)17-12-14(2,3)8-7-11-16/h4-12H2,1-3H3,(H,17,18). The zero-order valence-electron chi connectivity index (χ0n) is 12.2. The zero-order chi connectivity index (χ0) is 13.6. The van der Waals surface area contributed by atoms with Crippen LogP contribution in [0.1, 0.15) is 65.7 Å². The van der Waals surface area contributed by atoms with Crippen LogP contribution in [0.25, 0.3) is 0 Å². The maximum absolute atomic E-state index is 12.4. The summed E-state index contributed by atoms with van der Waals surface area (Å²) in [7, 11) is 0. The Balaban J connectivity index is 2.44. The average molecular weight is 318 g/mol. The molecule has 0 bridgehead atoms. The first-order chi connectivity index (χ1) is 8.46. The van der Waals surface area contributed by atoms with Gasteiger partial charge < -0.3 is 5.32 Å². The maximum Gasteiger partial charge on any atom is 0.226 e. The number of carbonyl (C=O) groups is 1. The Morgan fingerprint density at radius 1 is 1.33 bits per heavy atom. The molecule has 2 nitrogen and oxygen atoms in total. The summed E-state index contributed by atoms with van der Waals surface area (Å²) in [5.41, 5.74) is 0.155. The summed E-state index contributed by atoms with van der Waals surface area (Å²) in [6.45, 7) is 7.44. The Bertz CT molecular complexity index is 270. The minimum Gasteiger partial charge on any atom is -0.355 e. The van der Waals surface area contributed by atoms with Gasteiger partial charge in [-0.15, -0.1) is 0 Å². The van der Waals surface area contributed by atoms with Crippen LogP contribution in [0.15, 0.2) is 0 Å². The van der Waals surface area contributed by atoms with E-state index in [1.54, 1.807) is 0 Å². The molecule has 1 fully saturated rings. The second kappa shape index (κ2) is 6.93.